The summed E-state index contributed by atoms with van der Waals surface area (Å²) < 4.78 is 0. The van der Waals surface area contributed by atoms with E-state index in [0.29, 0.717) is 10.7 Å². The molecule has 0 radical (unpaired) electrons. The van der Waals surface area contributed by atoms with Crippen LogP contribution < -0.4 is 5.73 Å². The number of imidazole rings is 1. The van der Waals surface area contributed by atoms with Crippen molar-refractivity contribution >= 4 is 40.1 Å². The van der Waals surface area contributed by atoms with Crippen LogP contribution in [0.15, 0.2) is 41.3 Å². The minimum absolute atomic E-state index is 0.589. The topological polar surface area (TPSA) is 54.7 Å². The molecule has 1 aromatic heterocycles. The number of aromatic amines is 1. The average Bonchev–Trinajstić information content (AvgIpc) is 2.83. The number of nitrogens with one attached hydrogen (secondary N) is 1. The lowest BCUT2D eigenvalue weighted by molar-refractivity contribution is 1.32. The van der Waals surface area contributed by atoms with E-state index in [1.165, 1.54) is 4.90 Å². The zero-order chi connectivity index (χ0) is 13.4. The summed E-state index contributed by atoms with van der Waals surface area (Å²) in [5.41, 5.74) is 9.16. The SMILES string of the molecule is CSc1ccc(-c2nc3c(N)cc(Cl)cc3[nH]2)cc1. The number of hydrogen-bond acceptors (Lipinski definition) is 3. The van der Waals surface area contributed by atoms with E-state index in [4.69, 9.17) is 17.3 Å². The third kappa shape index (κ3) is 2.29. The smallest absolute Gasteiger partial charge is 0.138 e. The molecule has 0 amide bonds. The Hall–Kier alpha value is -1.65. The van der Waals surface area contributed by atoms with Crippen molar-refractivity contribution in [3.8, 4) is 11.4 Å². The van der Waals surface area contributed by atoms with Crippen LogP contribution in [0, 0.1) is 0 Å². The van der Waals surface area contributed by atoms with Crippen molar-refractivity contribution in [1.82, 2.24) is 9.97 Å². The Kier molecular flexibility index (Phi) is 3.12. The highest BCUT2D eigenvalue weighted by atomic mass is 35.5. The second-order valence-corrected chi connectivity index (χ2v) is 5.52. The van der Waals surface area contributed by atoms with Crippen LogP contribution in [0.1, 0.15) is 0 Å². The number of fused-ring (bicyclic) bond motifs is 1. The number of nitrogens with zero attached hydrogens (tertiary/aromatic N) is 1. The summed E-state index contributed by atoms with van der Waals surface area (Å²) in [5, 5.41) is 0.609. The lowest BCUT2D eigenvalue weighted by Gasteiger charge is -1.98. The maximum absolute atomic E-state index is 5.99. The van der Waals surface area contributed by atoms with Crippen molar-refractivity contribution in [2.24, 2.45) is 0 Å². The lowest BCUT2D eigenvalue weighted by Crippen LogP contribution is -1.86. The molecule has 3 N–H and O–H groups in total. The van der Waals surface area contributed by atoms with E-state index in [-0.39, 0.29) is 0 Å². The summed E-state index contributed by atoms with van der Waals surface area (Å²) in [5.74, 6) is 0.802. The summed E-state index contributed by atoms with van der Waals surface area (Å²) in [7, 11) is 0. The summed E-state index contributed by atoms with van der Waals surface area (Å²) in [4.78, 5) is 9.01. The van der Waals surface area contributed by atoms with Gasteiger partial charge in [-0.1, -0.05) is 23.7 Å². The molecule has 0 atom stereocenters. The molecule has 0 bridgehead atoms. The first-order chi connectivity index (χ1) is 9.17. The van der Waals surface area contributed by atoms with Gasteiger partial charge in [-0.2, -0.15) is 0 Å². The van der Waals surface area contributed by atoms with Gasteiger partial charge in [0.25, 0.3) is 0 Å². The Morgan fingerprint density at radius 2 is 1.95 bits per heavy atom. The van der Waals surface area contributed by atoms with E-state index in [1.807, 2.05) is 18.2 Å². The maximum Gasteiger partial charge on any atom is 0.138 e. The van der Waals surface area contributed by atoms with Gasteiger partial charge in [-0.05, 0) is 30.5 Å². The Balaban J connectivity index is 2.12. The molecule has 0 saturated heterocycles. The van der Waals surface area contributed by atoms with Crippen molar-refractivity contribution in [3.63, 3.8) is 0 Å². The highest BCUT2D eigenvalue weighted by Crippen LogP contribution is 2.28. The quantitative estimate of drug-likeness (QED) is 0.549. The molecule has 3 aromatic rings. The molecule has 3 nitrogen and oxygen atoms in total. The van der Waals surface area contributed by atoms with Crippen LogP contribution in [0.25, 0.3) is 22.4 Å². The number of thioether (sulfide) groups is 1. The molecule has 3 rings (SSSR count). The van der Waals surface area contributed by atoms with E-state index in [2.05, 4.69) is 28.4 Å². The van der Waals surface area contributed by atoms with Crippen LogP contribution in [0.2, 0.25) is 5.02 Å². The third-order valence-corrected chi connectivity index (χ3v) is 3.91. The van der Waals surface area contributed by atoms with Crippen molar-refractivity contribution in [2.45, 2.75) is 4.90 Å². The Morgan fingerprint density at radius 3 is 2.63 bits per heavy atom. The van der Waals surface area contributed by atoms with E-state index in [1.54, 1.807) is 17.8 Å². The van der Waals surface area contributed by atoms with Crippen LogP contribution >= 0.6 is 23.4 Å². The average molecular weight is 290 g/mol. The highest BCUT2D eigenvalue weighted by molar-refractivity contribution is 7.98. The number of H-pyrrole nitrogens is 1. The first-order valence-electron chi connectivity index (χ1n) is 5.76. The maximum atomic E-state index is 5.99. The molecule has 0 aliphatic heterocycles. The molecule has 0 aliphatic carbocycles. The van der Waals surface area contributed by atoms with E-state index >= 15 is 0 Å². The minimum Gasteiger partial charge on any atom is -0.397 e. The fraction of sp³-hybridized carbons (Fsp3) is 0.0714. The summed E-state index contributed by atoms with van der Waals surface area (Å²) >= 11 is 7.70. The molecular formula is C14H12ClN3S. The molecule has 1 heterocycles. The fourth-order valence-electron chi connectivity index (χ4n) is 1.99. The van der Waals surface area contributed by atoms with Gasteiger partial charge in [-0.15, -0.1) is 11.8 Å². The predicted molar refractivity (Wildman–Crippen MR) is 82.7 cm³/mol. The van der Waals surface area contributed by atoms with Gasteiger partial charge in [-0.25, -0.2) is 4.98 Å². The van der Waals surface area contributed by atoms with Gasteiger partial charge in [0, 0.05) is 15.5 Å². The summed E-state index contributed by atoms with van der Waals surface area (Å²) in [6, 6.07) is 11.8. The van der Waals surface area contributed by atoms with Crippen LogP contribution in [0.3, 0.4) is 0 Å². The van der Waals surface area contributed by atoms with Gasteiger partial charge < -0.3 is 10.7 Å². The first-order valence-corrected chi connectivity index (χ1v) is 7.37. The van der Waals surface area contributed by atoms with E-state index < -0.39 is 0 Å². The minimum atomic E-state index is 0.589. The van der Waals surface area contributed by atoms with Gasteiger partial charge in [0.1, 0.15) is 11.3 Å². The van der Waals surface area contributed by atoms with Crippen LogP contribution in [0.4, 0.5) is 5.69 Å². The number of benzene rings is 2. The van der Waals surface area contributed by atoms with Crippen LogP contribution in [-0.2, 0) is 0 Å². The second kappa shape index (κ2) is 4.79. The van der Waals surface area contributed by atoms with Gasteiger partial charge in [-0.3, -0.25) is 0 Å². The number of aromatic nitrogens is 2. The lowest BCUT2D eigenvalue weighted by atomic mass is 10.2. The molecule has 19 heavy (non-hydrogen) atoms. The Morgan fingerprint density at radius 1 is 1.21 bits per heavy atom. The van der Waals surface area contributed by atoms with Crippen molar-refractivity contribution in [2.75, 3.05) is 12.0 Å². The number of hydrogen-bond donors (Lipinski definition) is 2. The zero-order valence-corrected chi connectivity index (χ0v) is 11.8. The molecule has 2 aromatic carbocycles. The molecule has 0 unspecified atom stereocenters. The zero-order valence-electron chi connectivity index (χ0n) is 10.3. The summed E-state index contributed by atoms with van der Waals surface area (Å²) in [6.45, 7) is 0. The molecule has 5 heteroatoms. The normalized spacial score (nSPS) is 11.1. The number of nitrogens with two attached hydrogens (primary N) is 1. The summed E-state index contributed by atoms with van der Waals surface area (Å²) in [6.07, 6.45) is 2.05. The van der Waals surface area contributed by atoms with Crippen molar-refractivity contribution in [1.29, 1.82) is 0 Å². The fourth-order valence-corrected chi connectivity index (χ4v) is 2.63. The van der Waals surface area contributed by atoms with Crippen molar-refractivity contribution < 1.29 is 0 Å². The number of nitrogen functional groups attached to an aromatic ring is 1. The number of halogens is 1. The molecule has 96 valence electrons. The monoisotopic (exact) mass is 289 g/mol. The van der Waals surface area contributed by atoms with Crippen LogP contribution in [-0.4, -0.2) is 16.2 Å². The standard InChI is InChI=1S/C14H12ClN3S/c1-19-10-4-2-8(3-5-10)14-17-12-7-9(15)6-11(16)13(12)18-14/h2-7H,16H2,1H3,(H,17,18). The van der Waals surface area contributed by atoms with Gasteiger partial charge >= 0.3 is 0 Å². The van der Waals surface area contributed by atoms with Gasteiger partial charge in [0.15, 0.2) is 0 Å². The number of anilines is 1. The largest absolute Gasteiger partial charge is 0.397 e. The van der Waals surface area contributed by atoms with Crippen LogP contribution in [0.5, 0.6) is 0 Å². The molecule has 0 spiro atoms. The van der Waals surface area contributed by atoms with Gasteiger partial charge in [0.2, 0.25) is 0 Å². The molecular weight excluding hydrogens is 278 g/mol. The Bertz CT molecular complexity index is 734. The first kappa shape index (κ1) is 12.4. The molecule has 0 fully saturated rings. The molecule has 0 saturated carbocycles. The third-order valence-electron chi connectivity index (χ3n) is 2.94. The predicted octanol–water partition coefficient (Wildman–Crippen LogP) is 4.19. The highest BCUT2D eigenvalue weighted by Gasteiger charge is 2.08. The van der Waals surface area contributed by atoms with E-state index in [9.17, 15) is 0 Å². The van der Waals surface area contributed by atoms with Crippen molar-refractivity contribution in [3.05, 3.63) is 41.4 Å². The second-order valence-electron chi connectivity index (χ2n) is 4.21. The van der Waals surface area contributed by atoms with Gasteiger partial charge in [0.05, 0.1) is 11.2 Å². The molecule has 0 aliphatic rings. The Labute approximate surface area is 120 Å². The number of rotatable bonds is 2. The van der Waals surface area contributed by atoms with E-state index in [0.717, 1.165) is 22.4 Å².